The van der Waals surface area contributed by atoms with Crippen LogP contribution in [0.4, 0.5) is 0 Å². The van der Waals surface area contributed by atoms with Crippen LogP contribution in [0, 0.1) is 6.92 Å². The molecule has 2 aromatic rings. The summed E-state index contributed by atoms with van der Waals surface area (Å²) in [7, 11) is 0. The van der Waals surface area contributed by atoms with Crippen molar-refractivity contribution in [2.24, 2.45) is 0 Å². The number of aromatic amines is 1. The average Bonchev–Trinajstić information content (AvgIpc) is 2.72. The van der Waals surface area contributed by atoms with Crippen molar-refractivity contribution in [1.29, 1.82) is 0 Å². The van der Waals surface area contributed by atoms with Gasteiger partial charge < -0.3 is 9.72 Å². The van der Waals surface area contributed by atoms with Crippen LogP contribution >= 0.6 is 11.6 Å². The molecule has 0 atom stereocenters. The zero-order chi connectivity index (χ0) is 13.1. The third kappa shape index (κ3) is 2.54. The largest absolute Gasteiger partial charge is 0.461 e. The van der Waals surface area contributed by atoms with Crippen molar-refractivity contribution in [1.82, 2.24) is 9.97 Å². The van der Waals surface area contributed by atoms with Gasteiger partial charge in [0.1, 0.15) is 11.5 Å². The zero-order valence-corrected chi connectivity index (χ0v) is 10.9. The van der Waals surface area contributed by atoms with Crippen molar-refractivity contribution >= 4 is 17.6 Å². The summed E-state index contributed by atoms with van der Waals surface area (Å²) >= 11 is 5.94. The SMILES string of the molecule is CCOC(=O)c1[nH]c(C)nc1-c1cccc(Cl)c1. The first-order valence-corrected chi connectivity index (χ1v) is 5.99. The molecule has 0 fully saturated rings. The molecule has 0 aliphatic carbocycles. The number of carbonyl (C=O) groups is 1. The van der Waals surface area contributed by atoms with Gasteiger partial charge in [0.25, 0.3) is 0 Å². The second-order valence-electron chi connectivity index (χ2n) is 3.78. The molecule has 1 N–H and O–H groups in total. The van der Waals surface area contributed by atoms with Gasteiger partial charge in [-0.15, -0.1) is 0 Å². The van der Waals surface area contributed by atoms with Gasteiger partial charge in [-0.25, -0.2) is 9.78 Å². The highest BCUT2D eigenvalue weighted by Crippen LogP contribution is 2.24. The van der Waals surface area contributed by atoms with Gasteiger partial charge in [-0.3, -0.25) is 0 Å². The number of H-pyrrole nitrogens is 1. The molecule has 0 bridgehead atoms. The zero-order valence-electron chi connectivity index (χ0n) is 10.2. The number of hydrogen-bond acceptors (Lipinski definition) is 3. The molecule has 0 spiro atoms. The minimum atomic E-state index is -0.409. The molecule has 0 amide bonds. The lowest BCUT2D eigenvalue weighted by Crippen LogP contribution is -2.06. The second kappa shape index (κ2) is 5.23. The van der Waals surface area contributed by atoms with Gasteiger partial charge in [-0.2, -0.15) is 0 Å². The van der Waals surface area contributed by atoms with E-state index in [0.717, 1.165) is 5.56 Å². The first kappa shape index (κ1) is 12.6. The summed E-state index contributed by atoms with van der Waals surface area (Å²) in [6.45, 7) is 3.88. The van der Waals surface area contributed by atoms with Gasteiger partial charge in [-0.1, -0.05) is 23.7 Å². The fourth-order valence-corrected chi connectivity index (χ4v) is 1.88. The van der Waals surface area contributed by atoms with E-state index >= 15 is 0 Å². The number of benzene rings is 1. The Balaban J connectivity index is 2.47. The molecular formula is C13H13ClN2O2. The van der Waals surface area contributed by atoms with Crippen LogP contribution in [0.25, 0.3) is 11.3 Å². The van der Waals surface area contributed by atoms with Crippen LogP contribution in [-0.4, -0.2) is 22.5 Å². The third-order valence-corrected chi connectivity index (χ3v) is 2.63. The number of hydrogen-bond donors (Lipinski definition) is 1. The van der Waals surface area contributed by atoms with E-state index in [9.17, 15) is 4.79 Å². The Kier molecular flexibility index (Phi) is 3.67. The van der Waals surface area contributed by atoms with Gasteiger partial charge in [0.2, 0.25) is 0 Å². The molecule has 0 aliphatic rings. The number of rotatable bonds is 3. The molecule has 94 valence electrons. The minimum Gasteiger partial charge on any atom is -0.461 e. The summed E-state index contributed by atoms with van der Waals surface area (Å²) in [4.78, 5) is 19.0. The van der Waals surface area contributed by atoms with Gasteiger partial charge in [-0.05, 0) is 26.0 Å². The summed E-state index contributed by atoms with van der Waals surface area (Å²) in [5.41, 5.74) is 1.71. The molecule has 0 saturated heterocycles. The Morgan fingerprint density at radius 2 is 2.28 bits per heavy atom. The maximum absolute atomic E-state index is 11.8. The molecule has 4 nitrogen and oxygen atoms in total. The maximum Gasteiger partial charge on any atom is 0.357 e. The number of ether oxygens (including phenoxy) is 1. The highest BCUT2D eigenvalue weighted by atomic mass is 35.5. The summed E-state index contributed by atoms with van der Waals surface area (Å²) < 4.78 is 4.99. The second-order valence-corrected chi connectivity index (χ2v) is 4.21. The standard InChI is InChI=1S/C13H13ClN2O2/c1-3-18-13(17)12-11(15-8(2)16-12)9-5-4-6-10(14)7-9/h4-7H,3H2,1-2H3,(H,15,16). The highest BCUT2D eigenvalue weighted by molar-refractivity contribution is 6.30. The summed E-state index contributed by atoms with van der Waals surface area (Å²) in [6, 6.07) is 7.20. The number of halogens is 1. The van der Waals surface area contributed by atoms with Gasteiger partial charge in [0.05, 0.1) is 6.61 Å². The smallest absolute Gasteiger partial charge is 0.357 e. The van der Waals surface area contributed by atoms with E-state index in [0.29, 0.717) is 28.8 Å². The number of aromatic nitrogens is 2. The molecule has 0 aliphatic heterocycles. The van der Waals surface area contributed by atoms with Gasteiger partial charge in [0.15, 0.2) is 5.69 Å². The molecular weight excluding hydrogens is 252 g/mol. The highest BCUT2D eigenvalue weighted by Gasteiger charge is 2.18. The molecule has 0 radical (unpaired) electrons. The normalized spacial score (nSPS) is 10.4. The number of nitrogens with one attached hydrogen (secondary N) is 1. The van der Waals surface area contributed by atoms with Gasteiger partial charge >= 0.3 is 5.97 Å². The molecule has 1 aromatic carbocycles. The van der Waals surface area contributed by atoms with Crippen LogP contribution in [0.1, 0.15) is 23.2 Å². The average molecular weight is 265 g/mol. The Morgan fingerprint density at radius 3 is 2.94 bits per heavy atom. The Bertz CT molecular complexity index is 578. The van der Waals surface area contributed by atoms with Crippen molar-refractivity contribution in [3.8, 4) is 11.3 Å². The maximum atomic E-state index is 11.8. The van der Waals surface area contributed by atoms with Crippen molar-refractivity contribution in [2.75, 3.05) is 6.61 Å². The number of imidazole rings is 1. The molecule has 1 aromatic heterocycles. The molecule has 2 rings (SSSR count). The van der Waals surface area contributed by atoms with E-state index < -0.39 is 5.97 Å². The van der Waals surface area contributed by atoms with E-state index in [2.05, 4.69) is 9.97 Å². The van der Waals surface area contributed by atoms with Crippen molar-refractivity contribution in [3.63, 3.8) is 0 Å². The molecule has 5 heteroatoms. The van der Waals surface area contributed by atoms with E-state index in [-0.39, 0.29) is 0 Å². The fraction of sp³-hybridized carbons (Fsp3) is 0.231. The minimum absolute atomic E-state index is 0.325. The lowest BCUT2D eigenvalue weighted by Gasteiger charge is -2.03. The van der Waals surface area contributed by atoms with E-state index in [1.54, 1.807) is 26.0 Å². The Morgan fingerprint density at radius 1 is 1.50 bits per heavy atom. The molecule has 1 heterocycles. The van der Waals surface area contributed by atoms with Crippen LogP contribution in [0.3, 0.4) is 0 Å². The van der Waals surface area contributed by atoms with Crippen LogP contribution < -0.4 is 0 Å². The van der Waals surface area contributed by atoms with Crippen LogP contribution in [0.5, 0.6) is 0 Å². The number of nitrogens with zero attached hydrogens (tertiary/aromatic N) is 1. The predicted octanol–water partition coefficient (Wildman–Crippen LogP) is 3.22. The quantitative estimate of drug-likeness (QED) is 0.866. The Labute approximate surface area is 110 Å². The fourth-order valence-electron chi connectivity index (χ4n) is 1.69. The first-order chi connectivity index (χ1) is 8.61. The van der Waals surface area contributed by atoms with E-state index in [1.165, 1.54) is 0 Å². The van der Waals surface area contributed by atoms with Crippen molar-refractivity contribution < 1.29 is 9.53 Å². The van der Waals surface area contributed by atoms with Crippen molar-refractivity contribution in [2.45, 2.75) is 13.8 Å². The lowest BCUT2D eigenvalue weighted by molar-refractivity contribution is 0.0521. The van der Waals surface area contributed by atoms with Crippen LogP contribution in [-0.2, 0) is 4.74 Å². The van der Waals surface area contributed by atoms with E-state index in [1.807, 2.05) is 12.1 Å². The van der Waals surface area contributed by atoms with Crippen LogP contribution in [0.15, 0.2) is 24.3 Å². The third-order valence-electron chi connectivity index (χ3n) is 2.40. The molecule has 0 saturated carbocycles. The molecule has 18 heavy (non-hydrogen) atoms. The number of carbonyl (C=O) groups excluding carboxylic acids is 1. The first-order valence-electron chi connectivity index (χ1n) is 5.61. The topological polar surface area (TPSA) is 55.0 Å². The summed E-state index contributed by atoms with van der Waals surface area (Å²) in [5, 5.41) is 0.600. The Hall–Kier alpha value is -1.81. The van der Waals surface area contributed by atoms with Crippen LogP contribution in [0.2, 0.25) is 5.02 Å². The lowest BCUT2D eigenvalue weighted by atomic mass is 10.1. The number of esters is 1. The molecule has 0 unspecified atom stereocenters. The summed E-state index contributed by atoms with van der Waals surface area (Å²) in [6.07, 6.45) is 0. The summed E-state index contributed by atoms with van der Waals surface area (Å²) in [5.74, 6) is 0.251. The van der Waals surface area contributed by atoms with E-state index in [4.69, 9.17) is 16.3 Å². The van der Waals surface area contributed by atoms with Crippen molar-refractivity contribution in [3.05, 3.63) is 40.8 Å². The van der Waals surface area contributed by atoms with Gasteiger partial charge in [0, 0.05) is 10.6 Å². The monoisotopic (exact) mass is 264 g/mol. The predicted molar refractivity (Wildman–Crippen MR) is 69.7 cm³/mol. The number of aryl methyl sites for hydroxylation is 1.